The van der Waals surface area contributed by atoms with Crippen molar-refractivity contribution < 1.29 is 14.4 Å². The molecule has 29 heavy (non-hydrogen) atoms. The van der Waals surface area contributed by atoms with Crippen LogP contribution in [0.2, 0.25) is 0 Å². The van der Waals surface area contributed by atoms with Crippen molar-refractivity contribution in [2.45, 2.75) is 13.5 Å². The van der Waals surface area contributed by atoms with Crippen LogP contribution in [-0.2, 0) is 6.54 Å². The topological polar surface area (TPSA) is 46.9 Å². The molecule has 0 saturated carbocycles. The van der Waals surface area contributed by atoms with E-state index >= 15 is 0 Å². The molecule has 6 heteroatoms. The Balaban J connectivity index is 1.32. The second-order valence-electron chi connectivity index (χ2n) is 7.39. The summed E-state index contributed by atoms with van der Waals surface area (Å²) >= 11 is 1.70. The third-order valence-electron chi connectivity index (χ3n) is 5.43. The lowest BCUT2D eigenvalue weighted by Gasteiger charge is -2.33. The van der Waals surface area contributed by atoms with E-state index in [0.717, 1.165) is 60.3 Å². The third-order valence-corrected chi connectivity index (χ3v) is 6.37. The number of carbonyl (C=O) groups is 1. The summed E-state index contributed by atoms with van der Waals surface area (Å²) in [5.74, 6) is 0.979. The van der Waals surface area contributed by atoms with Crippen LogP contribution in [0.25, 0.3) is 10.6 Å². The van der Waals surface area contributed by atoms with Gasteiger partial charge in [-0.15, -0.1) is 11.3 Å². The molecule has 1 aliphatic heterocycles. The molecule has 0 bridgehead atoms. The molecule has 0 aliphatic carbocycles. The maximum atomic E-state index is 11.4. The van der Waals surface area contributed by atoms with Gasteiger partial charge < -0.3 is 14.5 Å². The number of aromatic nitrogens is 1. The fraction of sp³-hybridized carbons (Fsp3) is 0.304. The lowest BCUT2D eigenvalue weighted by molar-refractivity contribution is -0.914. The summed E-state index contributed by atoms with van der Waals surface area (Å²) in [4.78, 5) is 20.3. The summed E-state index contributed by atoms with van der Waals surface area (Å²) in [7, 11) is 1.68. The quantitative estimate of drug-likeness (QED) is 0.637. The molecule has 3 aromatic rings. The number of quaternary nitrogens is 1. The number of methoxy groups -OCH3 is 1. The molecule has 1 fully saturated rings. The first kappa shape index (κ1) is 19.6. The van der Waals surface area contributed by atoms with Gasteiger partial charge in [-0.2, -0.15) is 0 Å². The highest BCUT2D eigenvalue weighted by molar-refractivity contribution is 7.13. The number of thiazole rings is 1. The molecule has 1 saturated heterocycles. The van der Waals surface area contributed by atoms with Crippen LogP contribution < -0.4 is 14.5 Å². The molecule has 0 radical (unpaired) electrons. The van der Waals surface area contributed by atoms with Crippen molar-refractivity contribution in [3.63, 3.8) is 0 Å². The van der Waals surface area contributed by atoms with Crippen molar-refractivity contribution >= 4 is 22.8 Å². The van der Waals surface area contributed by atoms with Gasteiger partial charge in [0.2, 0.25) is 0 Å². The molecule has 1 aromatic heterocycles. The Morgan fingerprint density at radius 1 is 1.10 bits per heavy atom. The summed E-state index contributed by atoms with van der Waals surface area (Å²) in [6.07, 6.45) is 0. The molecule has 1 aliphatic rings. The first-order valence-electron chi connectivity index (χ1n) is 9.91. The van der Waals surface area contributed by atoms with E-state index in [-0.39, 0.29) is 5.78 Å². The predicted molar refractivity (Wildman–Crippen MR) is 117 cm³/mol. The fourth-order valence-electron chi connectivity index (χ4n) is 3.68. The van der Waals surface area contributed by atoms with Crippen molar-refractivity contribution in [1.82, 2.24) is 4.98 Å². The highest BCUT2D eigenvalue weighted by Gasteiger charge is 2.21. The van der Waals surface area contributed by atoms with Gasteiger partial charge >= 0.3 is 0 Å². The number of rotatable bonds is 6. The molecule has 5 nitrogen and oxygen atoms in total. The highest BCUT2D eigenvalue weighted by Crippen LogP contribution is 2.25. The van der Waals surface area contributed by atoms with Gasteiger partial charge in [0.25, 0.3) is 0 Å². The molecule has 4 rings (SSSR count). The van der Waals surface area contributed by atoms with E-state index in [4.69, 9.17) is 9.72 Å². The van der Waals surface area contributed by atoms with Crippen LogP contribution in [0.1, 0.15) is 23.0 Å². The lowest BCUT2D eigenvalue weighted by Crippen LogP contribution is -3.13. The second-order valence-corrected chi connectivity index (χ2v) is 8.25. The Morgan fingerprint density at radius 3 is 2.41 bits per heavy atom. The summed E-state index contributed by atoms with van der Waals surface area (Å²) in [5, 5.41) is 3.24. The van der Waals surface area contributed by atoms with Gasteiger partial charge in [0.1, 0.15) is 23.0 Å². The van der Waals surface area contributed by atoms with Crippen LogP contribution in [0.5, 0.6) is 5.75 Å². The molecule has 0 amide bonds. The van der Waals surface area contributed by atoms with Crippen LogP contribution in [0, 0.1) is 0 Å². The second kappa shape index (κ2) is 8.76. The molecule has 2 heterocycles. The molecule has 1 N–H and O–H groups in total. The zero-order valence-electron chi connectivity index (χ0n) is 16.9. The number of ketones is 1. The van der Waals surface area contributed by atoms with E-state index in [1.807, 2.05) is 24.3 Å². The number of anilines is 1. The zero-order valence-corrected chi connectivity index (χ0v) is 17.7. The van der Waals surface area contributed by atoms with E-state index in [2.05, 4.69) is 34.5 Å². The first-order chi connectivity index (χ1) is 14.1. The molecule has 0 unspecified atom stereocenters. The minimum Gasteiger partial charge on any atom is -0.497 e. The number of Topliss-reactive ketones (excluding diaryl/α,β-unsaturated/α-hetero) is 1. The third kappa shape index (κ3) is 4.66. The number of piperazine rings is 1. The zero-order chi connectivity index (χ0) is 20.2. The van der Waals surface area contributed by atoms with Crippen LogP contribution in [-0.4, -0.2) is 44.1 Å². The Labute approximate surface area is 175 Å². The van der Waals surface area contributed by atoms with Crippen molar-refractivity contribution in [2.24, 2.45) is 0 Å². The summed E-state index contributed by atoms with van der Waals surface area (Å²) < 4.78 is 5.23. The van der Waals surface area contributed by atoms with Crippen LogP contribution in [0.4, 0.5) is 5.69 Å². The summed E-state index contributed by atoms with van der Waals surface area (Å²) in [6.45, 7) is 6.78. The van der Waals surface area contributed by atoms with Crippen LogP contribution in [0.15, 0.2) is 53.9 Å². The van der Waals surface area contributed by atoms with Gasteiger partial charge in [0.05, 0.1) is 33.3 Å². The number of carbonyl (C=O) groups excluding carboxylic acids is 1. The maximum Gasteiger partial charge on any atom is 0.159 e. The fourth-order valence-corrected chi connectivity index (χ4v) is 4.50. The van der Waals surface area contributed by atoms with Crippen molar-refractivity contribution in [3.8, 4) is 16.3 Å². The average molecular weight is 409 g/mol. The summed E-state index contributed by atoms with van der Waals surface area (Å²) in [6, 6.07) is 16.0. The molecule has 150 valence electrons. The van der Waals surface area contributed by atoms with Gasteiger partial charge in [0.15, 0.2) is 5.78 Å². The average Bonchev–Trinajstić information content (AvgIpc) is 3.23. The maximum absolute atomic E-state index is 11.4. The largest absolute Gasteiger partial charge is 0.497 e. The van der Waals surface area contributed by atoms with Gasteiger partial charge in [-0.3, -0.25) is 4.79 Å². The molecular weight excluding hydrogens is 382 g/mol. The standard InChI is InChI=1S/C23H25N3O2S/c1-17(27)18-3-7-21(8-4-18)26-13-11-25(12-14-26)15-20-16-29-23(24-20)19-5-9-22(28-2)10-6-19/h3-10,16H,11-15H2,1-2H3/p+1. The number of benzene rings is 2. The normalized spacial score (nSPS) is 14.8. The number of nitrogens with zero attached hydrogens (tertiary/aromatic N) is 2. The van der Waals surface area contributed by atoms with Gasteiger partial charge in [-0.05, 0) is 55.5 Å². The van der Waals surface area contributed by atoms with E-state index in [0.29, 0.717) is 0 Å². The van der Waals surface area contributed by atoms with Gasteiger partial charge in [-0.25, -0.2) is 4.98 Å². The molecular formula is C23H26N3O2S+. The van der Waals surface area contributed by atoms with Crippen LogP contribution >= 0.6 is 11.3 Å². The number of hydrogen-bond acceptors (Lipinski definition) is 5. The number of ether oxygens (including phenoxy) is 1. The van der Waals surface area contributed by atoms with Crippen molar-refractivity contribution in [2.75, 3.05) is 38.2 Å². The summed E-state index contributed by atoms with van der Waals surface area (Å²) in [5.41, 5.74) is 4.27. The van der Waals surface area contributed by atoms with Crippen LogP contribution in [0.3, 0.4) is 0 Å². The first-order valence-corrected chi connectivity index (χ1v) is 10.8. The minimum atomic E-state index is 0.114. The van der Waals surface area contributed by atoms with E-state index in [1.165, 1.54) is 5.69 Å². The highest BCUT2D eigenvalue weighted by atomic mass is 32.1. The van der Waals surface area contributed by atoms with Crippen molar-refractivity contribution in [1.29, 1.82) is 0 Å². The van der Waals surface area contributed by atoms with Crippen molar-refractivity contribution in [3.05, 3.63) is 65.2 Å². The minimum absolute atomic E-state index is 0.114. The number of hydrogen-bond donors (Lipinski definition) is 1. The van der Waals surface area contributed by atoms with E-state index in [9.17, 15) is 4.79 Å². The molecule has 0 atom stereocenters. The Morgan fingerprint density at radius 2 is 1.79 bits per heavy atom. The Kier molecular flexibility index (Phi) is 5.92. The van der Waals surface area contributed by atoms with Gasteiger partial charge in [0, 0.05) is 22.2 Å². The molecule has 2 aromatic carbocycles. The SMILES string of the molecule is COc1ccc(-c2nc(C[NH+]3CCN(c4ccc(C(C)=O)cc4)CC3)cs2)cc1. The van der Waals surface area contributed by atoms with E-state index < -0.39 is 0 Å². The lowest BCUT2D eigenvalue weighted by atomic mass is 10.1. The smallest absolute Gasteiger partial charge is 0.159 e. The monoisotopic (exact) mass is 408 g/mol. The molecule has 0 spiro atoms. The predicted octanol–water partition coefficient (Wildman–Crippen LogP) is 2.93. The Hall–Kier alpha value is -2.70. The Bertz CT molecular complexity index is 959. The number of nitrogens with one attached hydrogen (secondary N) is 1. The van der Waals surface area contributed by atoms with Gasteiger partial charge in [-0.1, -0.05) is 0 Å². The van der Waals surface area contributed by atoms with E-state index in [1.54, 1.807) is 30.3 Å².